The molecule has 0 amide bonds. The fourth-order valence-corrected chi connectivity index (χ4v) is 4.48. The van der Waals surface area contributed by atoms with Gasteiger partial charge in [0, 0.05) is 6.21 Å². The van der Waals surface area contributed by atoms with Crippen LogP contribution < -0.4 is 9.46 Å². The second kappa shape index (κ2) is 9.75. The number of allylic oxidation sites excluding steroid dienone is 1. The van der Waals surface area contributed by atoms with Crippen LogP contribution in [0.4, 0.5) is 5.95 Å². The van der Waals surface area contributed by atoms with Crippen molar-refractivity contribution in [2.75, 3.05) is 11.8 Å². The van der Waals surface area contributed by atoms with Gasteiger partial charge in [-0.15, -0.1) is 10.2 Å². The van der Waals surface area contributed by atoms with Crippen molar-refractivity contribution in [1.29, 1.82) is 0 Å². The van der Waals surface area contributed by atoms with Gasteiger partial charge in [-0.3, -0.25) is 14.3 Å². The van der Waals surface area contributed by atoms with Crippen LogP contribution in [-0.4, -0.2) is 57.0 Å². The van der Waals surface area contributed by atoms with Crippen molar-refractivity contribution in [2.45, 2.75) is 18.3 Å². The maximum Gasteiger partial charge on any atom is 0.243 e. The Labute approximate surface area is 205 Å². The Morgan fingerprint density at radius 1 is 1.20 bits per heavy atom. The monoisotopic (exact) mass is 514 g/mol. The molecule has 0 saturated heterocycles. The summed E-state index contributed by atoms with van der Waals surface area (Å²) in [6.07, 6.45) is 1.32. The first-order valence-corrected chi connectivity index (χ1v) is 12.0. The molecule has 0 fully saturated rings. The van der Waals surface area contributed by atoms with Gasteiger partial charge in [-0.05, 0) is 36.9 Å². The predicted molar refractivity (Wildman–Crippen MR) is 129 cm³/mol. The summed E-state index contributed by atoms with van der Waals surface area (Å²) in [6, 6.07) is 9.06. The molecule has 13 heteroatoms. The molecule has 35 heavy (non-hydrogen) atoms. The van der Waals surface area contributed by atoms with Crippen LogP contribution in [0, 0.1) is 0 Å². The van der Waals surface area contributed by atoms with Gasteiger partial charge in [0.05, 0.1) is 24.6 Å². The number of aliphatic hydroxyl groups is 1. The van der Waals surface area contributed by atoms with Crippen molar-refractivity contribution in [3.63, 3.8) is 0 Å². The lowest BCUT2D eigenvalue weighted by molar-refractivity contribution is 0.171. The standard InChI is InChI=1S/C22H19ClN6O5S/c1-13(20(31)15-7-3-10-18(23)25-15)35(32,33)28-22-27-26-21(14-6-5-11-24-12-14)29(22)19-16(30)8-4-9-17(19)34-2/h3-4,7-13,20,30-31H,1-2H3,(H,27,28)/t13-,20-/m0/s1. The zero-order chi connectivity index (χ0) is 25.2. The van der Waals surface area contributed by atoms with Gasteiger partial charge in [0.25, 0.3) is 0 Å². The van der Waals surface area contributed by atoms with E-state index in [4.69, 9.17) is 16.3 Å². The second-order valence-electron chi connectivity index (χ2n) is 7.28. The molecule has 0 radical (unpaired) electrons. The van der Waals surface area contributed by atoms with Crippen molar-refractivity contribution in [2.24, 2.45) is 4.99 Å². The minimum absolute atomic E-state index is 0.0784. The number of halogens is 1. The average molecular weight is 515 g/mol. The summed E-state index contributed by atoms with van der Waals surface area (Å²) in [4.78, 5) is 7.97. The molecule has 0 saturated carbocycles. The van der Waals surface area contributed by atoms with Crippen LogP contribution in [0.15, 0.2) is 59.1 Å². The average Bonchev–Trinajstić information content (AvgIpc) is 3.25. The summed E-state index contributed by atoms with van der Waals surface area (Å²) in [6.45, 7) is 1.31. The fourth-order valence-electron chi connectivity index (χ4n) is 3.26. The quantitative estimate of drug-likeness (QED) is 0.306. The molecular weight excluding hydrogens is 496 g/mol. The summed E-state index contributed by atoms with van der Waals surface area (Å²) in [7, 11) is -2.87. The van der Waals surface area contributed by atoms with Gasteiger partial charge >= 0.3 is 0 Å². The number of nitrogens with one attached hydrogen (secondary N) is 1. The van der Waals surface area contributed by atoms with Gasteiger partial charge in [-0.25, -0.2) is 13.4 Å². The number of ether oxygens (including phenoxy) is 1. The number of hydrogen-bond acceptors (Lipinski definition) is 9. The highest BCUT2D eigenvalue weighted by Crippen LogP contribution is 2.36. The van der Waals surface area contributed by atoms with E-state index in [-0.39, 0.29) is 39.8 Å². The molecule has 180 valence electrons. The van der Waals surface area contributed by atoms with Crippen molar-refractivity contribution < 1.29 is 23.4 Å². The molecule has 0 aliphatic carbocycles. The molecule has 2 aromatic heterocycles. The number of aliphatic hydroxyl groups excluding tert-OH is 1. The van der Waals surface area contributed by atoms with Gasteiger partial charge < -0.3 is 14.9 Å². The van der Waals surface area contributed by atoms with E-state index >= 15 is 0 Å². The van der Waals surface area contributed by atoms with E-state index in [1.54, 1.807) is 18.2 Å². The van der Waals surface area contributed by atoms with Crippen LogP contribution in [0.5, 0.6) is 11.5 Å². The first-order chi connectivity index (χ1) is 16.7. The van der Waals surface area contributed by atoms with Crippen LogP contribution in [0.25, 0.3) is 11.3 Å². The van der Waals surface area contributed by atoms with E-state index in [0.29, 0.717) is 5.57 Å². The number of phenols is 1. The van der Waals surface area contributed by atoms with Crippen LogP contribution in [0.2, 0.25) is 5.15 Å². The molecule has 3 aromatic rings. The molecular formula is C22H19ClN6O5S. The summed E-state index contributed by atoms with van der Waals surface area (Å²) < 4.78 is 35.4. The van der Waals surface area contributed by atoms with Gasteiger partial charge in [-0.1, -0.05) is 29.5 Å². The summed E-state index contributed by atoms with van der Waals surface area (Å²) in [5, 5.41) is 28.1. The third-order valence-electron chi connectivity index (χ3n) is 5.08. The molecule has 1 aromatic carbocycles. The van der Waals surface area contributed by atoms with E-state index in [0.717, 1.165) is 0 Å². The predicted octanol–water partition coefficient (Wildman–Crippen LogP) is 2.63. The lowest BCUT2D eigenvalue weighted by Crippen LogP contribution is -2.32. The SMILES string of the molecule is COc1cccc(O)c1-n1c(NS(=O)(=O)[C@@H](C)[C@H](O)c2cccc(Cl)n2)nnc1C1=C=C=CN=C1. The molecule has 2 atom stereocenters. The van der Waals surface area contributed by atoms with Crippen molar-refractivity contribution in [1.82, 2.24) is 19.7 Å². The fraction of sp³-hybridized carbons (Fsp3) is 0.182. The summed E-state index contributed by atoms with van der Waals surface area (Å²) >= 11 is 5.88. The Kier molecular flexibility index (Phi) is 6.74. The number of pyridine rings is 1. The molecule has 0 spiro atoms. The maximum atomic E-state index is 13.2. The molecule has 1 aliphatic heterocycles. The highest BCUT2D eigenvalue weighted by molar-refractivity contribution is 7.93. The number of rotatable bonds is 8. The number of phenolic OH excluding ortho intramolecular Hbond substituents is 1. The van der Waals surface area contributed by atoms with Crippen LogP contribution in [0.3, 0.4) is 0 Å². The first-order valence-electron chi connectivity index (χ1n) is 10.1. The Hall–Kier alpha value is -3.92. The molecule has 1 aliphatic rings. The maximum absolute atomic E-state index is 13.2. The largest absolute Gasteiger partial charge is 0.506 e. The van der Waals surface area contributed by atoms with E-state index in [2.05, 4.69) is 36.4 Å². The number of aromatic hydroxyl groups is 1. The molecule has 3 N–H and O–H groups in total. The highest BCUT2D eigenvalue weighted by atomic mass is 35.5. The number of aliphatic imine (C=N–C) groups is 1. The van der Waals surface area contributed by atoms with Crippen molar-refractivity contribution in [3.8, 4) is 17.2 Å². The number of anilines is 1. The zero-order valence-electron chi connectivity index (χ0n) is 18.4. The third-order valence-corrected chi connectivity index (χ3v) is 7.00. The number of para-hydroxylation sites is 1. The molecule has 11 nitrogen and oxygen atoms in total. The minimum atomic E-state index is -4.27. The van der Waals surface area contributed by atoms with Crippen molar-refractivity contribution >= 4 is 39.4 Å². The topological polar surface area (TPSA) is 152 Å². The third kappa shape index (κ3) is 4.83. The van der Waals surface area contributed by atoms with Crippen LogP contribution in [0.1, 0.15) is 24.5 Å². The van der Waals surface area contributed by atoms with Gasteiger partial charge in [0.2, 0.25) is 16.0 Å². The number of hydrogen-bond donors (Lipinski definition) is 3. The van der Waals surface area contributed by atoms with Crippen molar-refractivity contribution in [3.05, 3.63) is 70.7 Å². The Balaban J connectivity index is 1.81. The summed E-state index contributed by atoms with van der Waals surface area (Å²) in [5.74, 6) is -0.169. The molecule has 4 rings (SSSR count). The van der Waals surface area contributed by atoms with Gasteiger partial charge in [0.1, 0.15) is 33.7 Å². The van der Waals surface area contributed by atoms with Gasteiger partial charge in [-0.2, -0.15) is 0 Å². The van der Waals surface area contributed by atoms with E-state index in [9.17, 15) is 18.6 Å². The summed E-state index contributed by atoms with van der Waals surface area (Å²) in [5.41, 5.74) is 6.01. The lowest BCUT2D eigenvalue weighted by atomic mass is 10.2. The second-order valence-corrected chi connectivity index (χ2v) is 9.71. The Morgan fingerprint density at radius 2 is 1.97 bits per heavy atom. The molecule has 3 heterocycles. The number of sulfonamides is 1. The number of nitrogens with zero attached hydrogens (tertiary/aromatic N) is 5. The Bertz CT molecular complexity index is 1520. The molecule has 0 unspecified atom stereocenters. The van der Waals surface area contributed by atoms with Crippen LogP contribution in [-0.2, 0) is 10.0 Å². The molecule has 0 bridgehead atoms. The normalized spacial score (nSPS) is 14.5. The number of methoxy groups -OCH3 is 1. The minimum Gasteiger partial charge on any atom is -0.506 e. The smallest absolute Gasteiger partial charge is 0.243 e. The van der Waals surface area contributed by atoms with E-state index < -0.39 is 21.4 Å². The van der Waals surface area contributed by atoms with Crippen LogP contribution >= 0.6 is 11.6 Å². The van der Waals surface area contributed by atoms with Gasteiger partial charge in [0.15, 0.2) is 5.82 Å². The van der Waals surface area contributed by atoms with E-state index in [1.807, 2.05) is 0 Å². The number of benzene rings is 1. The van der Waals surface area contributed by atoms with E-state index in [1.165, 1.54) is 49.2 Å². The highest BCUT2D eigenvalue weighted by Gasteiger charge is 2.33. The first kappa shape index (κ1) is 24.2. The number of aromatic nitrogens is 4. The lowest BCUT2D eigenvalue weighted by Gasteiger charge is -2.20. The Morgan fingerprint density at radius 3 is 2.66 bits per heavy atom. The zero-order valence-corrected chi connectivity index (χ0v) is 20.0.